The summed E-state index contributed by atoms with van der Waals surface area (Å²) < 4.78 is 36.2. The predicted molar refractivity (Wildman–Crippen MR) is 642 cm³/mol. The Kier molecular flexibility index (Phi) is 25.6. The number of fused-ring (bicyclic) bond motifs is 16. The van der Waals surface area contributed by atoms with E-state index in [9.17, 15) is 0 Å². The lowest BCUT2D eigenvalue weighted by Crippen LogP contribution is -2.38. The van der Waals surface area contributed by atoms with E-state index in [0.717, 1.165) is 55.6 Å². The van der Waals surface area contributed by atoms with E-state index in [1.165, 1.54) is 242 Å². The fourth-order valence-electron chi connectivity index (χ4n) is 22.1. The van der Waals surface area contributed by atoms with Crippen molar-refractivity contribution in [1.29, 1.82) is 0 Å². The van der Waals surface area contributed by atoms with Gasteiger partial charge >= 0.3 is 0 Å². The van der Waals surface area contributed by atoms with Gasteiger partial charge in [0.1, 0.15) is 72.9 Å². The van der Waals surface area contributed by atoms with Crippen molar-refractivity contribution >= 4 is 184 Å². The SMILES string of the molecule is Cc1cc2c(oc3c(-c4ccccc4)cccc32)c(-c2ccc3cc([Si](C)(C)C)ccc3[n+]2C)c1C.Cc1cc2c(oc3cc(-c4ccc(C(C)C)cc4)ccc32)c(-c2ccc3cc([Si](C)(C)C)ccc3[n+]2C)c1C.Cc1cc2c(oc3cc(-c4ccccc4)ccc32)c(-c2ccc3cc([Si](C)(C)C)ccc3[n+]2C)c1C.Cc1ccc(-c2ccc3c(c2)oc2c(-c4ccc5cc([Si](C)(C)C)ccc5[n+]4C)c(C)c(C)cc23)cc1. The lowest BCUT2D eigenvalue weighted by atomic mass is 9.95. The maximum Gasteiger partial charge on any atom is 0.216 e. The third-order valence-electron chi connectivity index (χ3n) is 31.8. The highest BCUT2D eigenvalue weighted by atomic mass is 28.3. The van der Waals surface area contributed by atoms with Gasteiger partial charge in [-0.05, 0) is 266 Å². The number of furan rings is 4. The van der Waals surface area contributed by atoms with Crippen LogP contribution in [0.5, 0.6) is 0 Å². The third-order valence-corrected chi connectivity index (χ3v) is 40.0. The van der Waals surface area contributed by atoms with Gasteiger partial charge in [-0.1, -0.05) is 289 Å². The highest BCUT2D eigenvalue weighted by Crippen LogP contribution is 2.48. The summed E-state index contributed by atoms with van der Waals surface area (Å²) in [5.41, 5.74) is 44.3. The smallest absolute Gasteiger partial charge is 0.216 e. The molecule has 0 atom stereocenters. The van der Waals surface area contributed by atoms with Crippen molar-refractivity contribution in [1.82, 2.24) is 0 Å². The molecule has 0 aliphatic carbocycles. The molecular weight excluding hydrogens is 1870 g/mol. The van der Waals surface area contributed by atoms with Gasteiger partial charge in [-0.2, -0.15) is 18.3 Å². The molecule has 0 spiro atoms. The molecule has 0 N–H and O–H groups in total. The maximum absolute atomic E-state index is 6.78. The number of nitrogens with zero attached hydrogens (tertiary/aromatic N) is 4. The number of rotatable bonds is 13. The maximum atomic E-state index is 6.78. The second-order valence-electron chi connectivity index (χ2n) is 46.1. The molecule has 24 aromatic rings. The Balaban J connectivity index is 0.000000116. The summed E-state index contributed by atoms with van der Waals surface area (Å²) in [7, 11) is 3.22. The first kappa shape index (κ1) is 99.2. The molecule has 0 saturated carbocycles. The predicted octanol–water partition coefficient (Wildman–Crippen LogP) is 33.7. The van der Waals surface area contributed by atoms with Crippen LogP contribution in [0.2, 0.25) is 78.6 Å². The Hall–Kier alpha value is -14.8. The summed E-state index contributed by atoms with van der Waals surface area (Å²) >= 11 is 0. The van der Waals surface area contributed by atoms with Gasteiger partial charge in [0.05, 0.1) is 54.5 Å². The number of aromatic nitrogens is 4. The van der Waals surface area contributed by atoms with Crippen LogP contribution in [0.1, 0.15) is 75.4 Å². The summed E-state index contributed by atoms with van der Waals surface area (Å²) in [6.07, 6.45) is 0. The van der Waals surface area contributed by atoms with Gasteiger partial charge in [0.25, 0.3) is 0 Å². The van der Waals surface area contributed by atoms with Gasteiger partial charge in [-0.25, -0.2) is 0 Å². The molecule has 0 unspecified atom stereocenters. The average molecular weight is 2000 g/mol. The van der Waals surface area contributed by atoms with Gasteiger partial charge < -0.3 is 17.7 Å². The number of hydrogen-bond acceptors (Lipinski definition) is 4. The van der Waals surface area contributed by atoms with E-state index < -0.39 is 32.3 Å². The summed E-state index contributed by atoms with van der Waals surface area (Å²) in [5.74, 6) is 0.528. The first-order valence-electron chi connectivity index (χ1n) is 52.5. The van der Waals surface area contributed by atoms with Crippen LogP contribution in [-0.4, -0.2) is 32.3 Å². The topological polar surface area (TPSA) is 68.1 Å². The average Bonchev–Trinajstić information content (AvgIpc) is 1.59. The lowest BCUT2D eigenvalue weighted by Gasteiger charge is -2.17. The zero-order valence-corrected chi connectivity index (χ0v) is 95.2. The van der Waals surface area contributed by atoms with Gasteiger partial charge in [0, 0.05) is 119 Å². The Labute approximate surface area is 875 Å². The molecular formula is C136H136N4O4Si4+4. The van der Waals surface area contributed by atoms with Crippen LogP contribution in [0, 0.1) is 62.3 Å². The Bertz CT molecular complexity index is 9480. The highest BCUT2D eigenvalue weighted by Gasteiger charge is 2.33. The van der Waals surface area contributed by atoms with E-state index in [1.54, 1.807) is 0 Å². The molecule has 24 rings (SSSR count). The van der Waals surface area contributed by atoms with Crippen LogP contribution in [0.3, 0.4) is 0 Å². The molecule has 0 aliphatic heterocycles. The number of benzene rings is 16. The first-order chi connectivity index (χ1) is 70.6. The van der Waals surface area contributed by atoms with Crippen LogP contribution in [0.4, 0.5) is 0 Å². The van der Waals surface area contributed by atoms with Crippen LogP contribution in [0.25, 0.3) is 221 Å². The fourth-order valence-corrected chi connectivity index (χ4v) is 26.8. The summed E-state index contributed by atoms with van der Waals surface area (Å²) in [5, 5.41) is 20.5. The van der Waals surface area contributed by atoms with E-state index in [-0.39, 0.29) is 0 Å². The van der Waals surface area contributed by atoms with Crippen molar-refractivity contribution in [2.24, 2.45) is 28.2 Å². The molecule has 12 heteroatoms. The fraction of sp³-hybridized carbons (Fsp3) is 0.206. The molecule has 8 heterocycles. The Morgan fingerprint density at radius 3 is 0.797 bits per heavy atom. The van der Waals surface area contributed by atoms with Crippen molar-refractivity contribution in [2.75, 3.05) is 0 Å². The van der Waals surface area contributed by atoms with Crippen LogP contribution in [-0.2, 0) is 28.2 Å². The van der Waals surface area contributed by atoms with E-state index in [0.29, 0.717) is 5.92 Å². The molecule has 8 nitrogen and oxygen atoms in total. The second kappa shape index (κ2) is 38.2. The number of hydrogen-bond donors (Lipinski definition) is 0. The van der Waals surface area contributed by atoms with Crippen LogP contribution in [0.15, 0.2) is 345 Å². The van der Waals surface area contributed by atoms with Gasteiger partial charge in [-0.15, -0.1) is 0 Å². The van der Waals surface area contributed by atoms with Gasteiger partial charge in [0.15, 0.2) is 0 Å². The molecule has 0 saturated heterocycles. The normalized spacial score (nSPS) is 12.2. The molecule has 0 amide bonds. The van der Waals surface area contributed by atoms with E-state index in [2.05, 4.69) is 529 Å². The van der Waals surface area contributed by atoms with Crippen molar-refractivity contribution in [2.45, 2.75) is 161 Å². The zero-order chi connectivity index (χ0) is 104. The van der Waals surface area contributed by atoms with Crippen molar-refractivity contribution in [3.8, 4) is 89.5 Å². The minimum Gasteiger partial charge on any atom is -0.455 e. The third kappa shape index (κ3) is 18.1. The molecule has 736 valence electrons. The second-order valence-corrected chi connectivity index (χ2v) is 66.4. The van der Waals surface area contributed by atoms with Crippen molar-refractivity contribution in [3.63, 3.8) is 0 Å². The molecule has 0 bridgehead atoms. The molecule has 0 fully saturated rings. The quantitative estimate of drug-likeness (QED) is 0.0852. The molecule has 0 aliphatic rings. The minimum absolute atomic E-state index is 0.528. The molecule has 16 aromatic carbocycles. The minimum atomic E-state index is -1.38. The van der Waals surface area contributed by atoms with Crippen molar-refractivity contribution in [3.05, 3.63) is 383 Å². The number of pyridine rings is 4. The highest BCUT2D eigenvalue weighted by molar-refractivity contribution is 6.90. The van der Waals surface area contributed by atoms with E-state index >= 15 is 0 Å². The standard InChI is InChI=1S/C36H38NOSi.C34H34NOSi.2C33H32NOSi/c1-22(2)25-9-11-26(12-10-25)27-13-16-30-31-19-23(3)24(4)35(36(31)38-34(30)21-27)33-17-14-28-20-29(39(6,7)8)15-18-32(28)37(33)5;1-21-8-10-24(11-9-21)25-12-15-28-29-18-22(2)23(3)33(34(29)36-32(28)20-25)31-16-13-26-19-27(37(5,6)7)14-17-30(26)35(31)4;1-21-19-28-27-14-10-13-26(23-11-8-7-9-12-23)32(27)35-33(28)31(22(21)2)30-17-15-24-20-25(36(4,5)6)16-18-29(24)34(30)3;1-21-18-28-27-15-12-24(23-10-8-7-9-11-23)20-31(27)35-33(28)32(22(21)2)30-16-13-25-19-26(36(4,5)6)14-17-29(25)34(30)3/h9-22H,1-8H3;8-20H,1-7H3;2*7-20H,1-6H3/q4*+1. The van der Waals surface area contributed by atoms with Gasteiger partial charge in [0.2, 0.25) is 44.8 Å². The largest absolute Gasteiger partial charge is 0.455 e. The Morgan fingerprint density at radius 1 is 0.216 bits per heavy atom. The zero-order valence-electron chi connectivity index (χ0n) is 91.2. The summed E-state index contributed by atoms with van der Waals surface area (Å²) in [6.45, 7) is 53.1. The van der Waals surface area contributed by atoms with Crippen LogP contribution >= 0.6 is 0 Å². The first-order valence-corrected chi connectivity index (χ1v) is 66.5. The lowest BCUT2D eigenvalue weighted by molar-refractivity contribution is -0.633. The summed E-state index contributed by atoms with van der Waals surface area (Å²) in [4.78, 5) is 0. The molecule has 8 aromatic heterocycles. The summed E-state index contributed by atoms with van der Waals surface area (Å²) in [6, 6.07) is 120. The number of aryl methyl sites for hydroxylation is 9. The van der Waals surface area contributed by atoms with Crippen molar-refractivity contribution < 1.29 is 35.9 Å². The van der Waals surface area contributed by atoms with E-state index in [4.69, 9.17) is 17.7 Å². The van der Waals surface area contributed by atoms with Crippen LogP contribution < -0.4 is 39.0 Å². The van der Waals surface area contributed by atoms with E-state index in [1.807, 2.05) is 0 Å². The monoisotopic (exact) mass is 2000 g/mol. The number of para-hydroxylation sites is 1. The van der Waals surface area contributed by atoms with Gasteiger partial charge in [-0.3, -0.25) is 0 Å². The molecule has 148 heavy (non-hydrogen) atoms. The Morgan fingerprint density at radius 2 is 0.493 bits per heavy atom. The molecule has 0 radical (unpaired) electrons.